The minimum Gasteiger partial charge on any atom is -0.456 e. The summed E-state index contributed by atoms with van der Waals surface area (Å²) in [6.45, 7) is 5.01. The fraction of sp³-hybridized carbons (Fsp3) is 0.417. The number of benzene rings is 1. The number of hydrogen-bond acceptors (Lipinski definition) is 5. The highest BCUT2D eigenvalue weighted by atomic mass is 32.2. The van der Waals surface area contributed by atoms with Gasteiger partial charge in [0.25, 0.3) is 0 Å². The molecule has 0 radical (unpaired) electrons. The molecule has 0 unspecified atom stereocenters. The molecule has 0 atom stereocenters. The summed E-state index contributed by atoms with van der Waals surface area (Å²) in [5.74, 6) is 2.46. The van der Waals surface area contributed by atoms with Gasteiger partial charge in [0.15, 0.2) is 12.0 Å². The highest BCUT2D eigenvalue weighted by Gasteiger charge is 2.22. The van der Waals surface area contributed by atoms with Crippen LogP contribution in [0.1, 0.15) is 25.7 Å². The van der Waals surface area contributed by atoms with Crippen LogP contribution in [0.2, 0.25) is 0 Å². The van der Waals surface area contributed by atoms with Crippen LogP contribution in [0.4, 0.5) is 4.39 Å². The van der Waals surface area contributed by atoms with Crippen LogP contribution in [0.3, 0.4) is 0 Å². The largest absolute Gasteiger partial charge is 0.456 e. The van der Waals surface area contributed by atoms with E-state index < -0.39 is 0 Å². The van der Waals surface area contributed by atoms with Crippen molar-refractivity contribution in [1.29, 1.82) is 0 Å². The SMILES string of the molecule is Fc1ccccc1SCCCCN1CCN(C2=COC(C3=CC=CCC3)=CO2)CC1. The first-order valence-corrected chi connectivity index (χ1v) is 11.7. The van der Waals surface area contributed by atoms with Gasteiger partial charge in [-0.05, 0) is 55.7 Å². The van der Waals surface area contributed by atoms with E-state index in [1.807, 2.05) is 12.1 Å². The van der Waals surface area contributed by atoms with Gasteiger partial charge in [0.2, 0.25) is 5.88 Å². The molecular weight excluding hydrogens is 399 g/mol. The van der Waals surface area contributed by atoms with Crippen molar-refractivity contribution < 1.29 is 13.9 Å². The zero-order valence-corrected chi connectivity index (χ0v) is 18.1. The molecule has 6 heteroatoms. The van der Waals surface area contributed by atoms with Crippen LogP contribution >= 0.6 is 11.8 Å². The minimum absolute atomic E-state index is 0.115. The molecule has 0 saturated carbocycles. The maximum Gasteiger partial charge on any atom is 0.231 e. The maximum atomic E-state index is 13.6. The summed E-state index contributed by atoms with van der Waals surface area (Å²) >= 11 is 1.61. The van der Waals surface area contributed by atoms with Crippen LogP contribution in [0.5, 0.6) is 0 Å². The van der Waals surface area contributed by atoms with Crippen molar-refractivity contribution in [2.75, 3.05) is 38.5 Å². The second kappa shape index (κ2) is 10.7. The summed E-state index contributed by atoms with van der Waals surface area (Å²) in [6.07, 6.45) is 14.1. The second-order valence-corrected chi connectivity index (χ2v) is 8.78. The third-order valence-electron chi connectivity index (χ3n) is 5.55. The number of nitrogens with zero attached hydrogens (tertiary/aromatic N) is 2. The number of allylic oxidation sites excluding steroid dienone is 4. The Balaban J connectivity index is 1.12. The number of rotatable bonds is 8. The molecule has 1 aromatic carbocycles. The molecule has 1 saturated heterocycles. The molecule has 1 fully saturated rings. The van der Waals surface area contributed by atoms with Crippen LogP contribution in [0.15, 0.2) is 77.1 Å². The van der Waals surface area contributed by atoms with E-state index in [4.69, 9.17) is 9.47 Å². The number of piperazine rings is 1. The Morgan fingerprint density at radius 3 is 2.60 bits per heavy atom. The zero-order valence-electron chi connectivity index (χ0n) is 17.3. The van der Waals surface area contributed by atoms with E-state index in [-0.39, 0.29) is 5.82 Å². The molecule has 2 heterocycles. The van der Waals surface area contributed by atoms with Crippen molar-refractivity contribution in [2.24, 2.45) is 0 Å². The molecule has 3 aliphatic rings. The fourth-order valence-electron chi connectivity index (χ4n) is 3.76. The molecule has 0 bridgehead atoms. The predicted molar refractivity (Wildman–Crippen MR) is 119 cm³/mol. The van der Waals surface area contributed by atoms with Gasteiger partial charge >= 0.3 is 0 Å². The van der Waals surface area contributed by atoms with Gasteiger partial charge in [-0.25, -0.2) is 4.39 Å². The first-order chi connectivity index (χ1) is 14.8. The van der Waals surface area contributed by atoms with Crippen LogP contribution < -0.4 is 0 Å². The number of thioether (sulfide) groups is 1. The first-order valence-electron chi connectivity index (χ1n) is 10.7. The van der Waals surface area contributed by atoms with Gasteiger partial charge in [-0.2, -0.15) is 0 Å². The van der Waals surface area contributed by atoms with Crippen molar-refractivity contribution >= 4 is 11.8 Å². The van der Waals surface area contributed by atoms with Gasteiger partial charge in [0.1, 0.15) is 12.1 Å². The summed E-state index contributed by atoms with van der Waals surface area (Å²) in [7, 11) is 0. The summed E-state index contributed by atoms with van der Waals surface area (Å²) in [6, 6.07) is 7.01. The summed E-state index contributed by atoms with van der Waals surface area (Å²) in [5.41, 5.74) is 1.19. The van der Waals surface area contributed by atoms with Crippen LogP contribution in [-0.4, -0.2) is 48.3 Å². The Kier molecular flexibility index (Phi) is 7.54. The molecule has 0 spiro atoms. The molecule has 160 valence electrons. The zero-order chi connectivity index (χ0) is 20.6. The molecule has 0 N–H and O–H groups in total. The molecule has 4 rings (SSSR count). The maximum absolute atomic E-state index is 13.6. The number of hydrogen-bond donors (Lipinski definition) is 0. The third kappa shape index (κ3) is 5.70. The Morgan fingerprint density at radius 1 is 1.00 bits per heavy atom. The van der Waals surface area contributed by atoms with Gasteiger partial charge in [-0.15, -0.1) is 11.8 Å². The van der Waals surface area contributed by atoms with Gasteiger partial charge in [-0.3, -0.25) is 4.90 Å². The van der Waals surface area contributed by atoms with Crippen LogP contribution in [0, 0.1) is 5.82 Å². The number of ether oxygens (including phenoxy) is 2. The summed E-state index contributed by atoms with van der Waals surface area (Å²) in [4.78, 5) is 5.49. The molecule has 2 aliphatic heterocycles. The molecule has 0 aromatic heterocycles. The van der Waals surface area contributed by atoms with Crippen LogP contribution in [0.25, 0.3) is 0 Å². The lowest BCUT2D eigenvalue weighted by molar-refractivity contribution is 0.0841. The second-order valence-electron chi connectivity index (χ2n) is 7.65. The van der Waals surface area contributed by atoms with E-state index >= 15 is 0 Å². The fourth-order valence-corrected chi connectivity index (χ4v) is 4.71. The predicted octanol–water partition coefficient (Wildman–Crippen LogP) is 5.28. The van der Waals surface area contributed by atoms with E-state index in [9.17, 15) is 4.39 Å². The average molecular weight is 429 g/mol. The Morgan fingerprint density at radius 2 is 1.87 bits per heavy atom. The average Bonchev–Trinajstić information content (AvgIpc) is 2.81. The van der Waals surface area contributed by atoms with Crippen molar-refractivity contribution in [3.05, 3.63) is 78.1 Å². The lowest BCUT2D eigenvalue weighted by atomic mass is 10.0. The molecule has 0 amide bonds. The van der Waals surface area contributed by atoms with E-state index in [1.54, 1.807) is 30.4 Å². The molecule has 1 aliphatic carbocycles. The first kappa shape index (κ1) is 21.1. The van der Waals surface area contributed by atoms with E-state index in [0.717, 1.165) is 80.7 Å². The molecular formula is C24H29FN2O2S. The monoisotopic (exact) mass is 428 g/mol. The van der Waals surface area contributed by atoms with Crippen molar-refractivity contribution in [1.82, 2.24) is 9.80 Å². The standard InChI is InChI=1S/C24H29FN2O2S/c25-21-10-4-5-11-23(21)30-17-7-6-12-26-13-15-27(16-14-26)24-19-28-22(18-29-24)20-8-2-1-3-9-20/h1-2,4-5,8,10-11,18-19H,3,6-7,9,12-17H2. The Hall–Kier alpha value is -2.18. The lowest BCUT2D eigenvalue weighted by Gasteiger charge is -2.36. The van der Waals surface area contributed by atoms with Gasteiger partial charge < -0.3 is 14.4 Å². The highest BCUT2D eigenvalue weighted by molar-refractivity contribution is 7.99. The third-order valence-corrected chi connectivity index (χ3v) is 6.69. The van der Waals surface area contributed by atoms with E-state index in [1.165, 1.54) is 11.6 Å². The lowest BCUT2D eigenvalue weighted by Crippen LogP contribution is -2.46. The normalized spacial score (nSPS) is 19.5. The summed E-state index contributed by atoms with van der Waals surface area (Å²) < 4.78 is 25.3. The minimum atomic E-state index is -0.115. The smallest absolute Gasteiger partial charge is 0.231 e. The highest BCUT2D eigenvalue weighted by Crippen LogP contribution is 2.26. The number of unbranched alkanes of at least 4 members (excludes halogenated alkanes) is 1. The Labute approximate surface area is 182 Å². The molecule has 4 nitrogen and oxygen atoms in total. The molecule has 1 aromatic rings. The number of halogens is 1. The van der Waals surface area contributed by atoms with Crippen molar-refractivity contribution in [2.45, 2.75) is 30.6 Å². The molecule has 30 heavy (non-hydrogen) atoms. The van der Waals surface area contributed by atoms with Crippen molar-refractivity contribution in [3.63, 3.8) is 0 Å². The quantitative estimate of drug-likeness (QED) is 0.414. The van der Waals surface area contributed by atoms with Gasteiger partial charge in [0.05, 0.1) is 0 Å². The topological polar surface area (TPSA) is 24.9 Å². The van der Waals surface area contributed by atoms with Gasteiger partial charge in [0, 0.05) is 31.1 Å². The van der Waals surface area contributed by atoms with Crippen LogP contribution in [-0.2, 0) is 9.47 Å². The van der Waals surface area contributed by atoms with Crippen molar-refractivity contribution in [3.8, 4) is 0 Å². The van der Waals surface area contributed by atoms with E-state index in [0.29, 0.717) is 0 Å². The van der Waals surface area contributed by atoms with Gasteiger partial charge in [-0.1, -0.05) is 30.4 Å². The van der Waals surface area contributed by atoms with E-state index in [2.05, 4.69) is 28.0 Å². The Bertz CT molecular complexity index is 841. The summed E-state index contributed by atoms with van der Waals surface area (Å²) in [5, 5.41) is 0.